The van der Waals surface area contributed by atoms with Gasteiger partial charge in [-0.2, -0.15) is 0 Å². The first-order valence-corrected chi connectivity index (χ1v) is 7.26. The molecular weight excluding hydrogens is 252 g/mol. The van der Waals surface area contributed by atoms with Gasteiger partial charge < -0.3 is 15.7 Å². The minimum atomic E-state index is -0.626. The number of aliphatic hydroxyl groups is 1. The molecule has 1 fully saturated rings. The first kappa shape index (κ1) is 15.2. The summed E-state index contributed by atoms with van der Waals surface area (Å²) in [6.07, 6.45) is 1.86. The van der Waals surface area contributed by atoms with Crippen LogP contribution in [0.1, 0.15) is 32.4 Å². The molecule has 5 heteroatoms. The molecule has 20 heavy (non-hydrogen) atoms. The molecule has 0 aliphatic carbocycles. The zero-order chi connectivity index (χ0) is 14.8. The molecule has 1 atom stereocenters. The highest BCUT2D eigenvalue weighted by Gasteiger charge is 2.23. The van der Waals surface area contributed by atoms with Crippen LogP contribution in [0.4, 0.5) is 5.82 Å². The second-order valence-electron chi connectivity index (χ2n) is 6.31. The van der Waals surface area contributed by atoms with E-state index in [2.05, 4.69) is 20.9 Å². The summed E-state index contributed by atoms with van der Waals surface area (Å²) in [5.41, 5.74) is 6.27. The zero-order valence-corrected chi connectivity index (χ0v) is 12.7. The Balaban J connectivity index is 1.90. The molecule has 112 valence electrons. The van der Waals surface area contributed by atoms with Gasteiger partial charge in [-0.3, -0.25) is 4.90 Å². The van der Waals surface area contributed by atoms with E-state index in [-0.39, 0.29) is 6.04 Å². The molecule has 3 N–H and O–H groups in total. The number of nitrogens with two attached hydrogens (primary N) is 1. The van der Waals surface area contributed by atoms with Crippen LogP contribution in [0.2, 0.25) is 0 Å². The Bertz CT molecular complexity index is 416. The largest absolute Gasteiger partial charge is 0.389 e. The summed E-state index contributed by atoms with van der Waals surface area (Å²) in [7, 11) is 0. The molecule has 0 spiro atoms. The molecule has 0 aromatic carbocycles. The van der Waals surface area contributed by atoms with Crippen LogP contribution in [0, 0.1) is 0 Å². The Labute approximate surface area is 121 Å². The van der Waals surface area contributed by atoms with Gasteiger partial charge in [0, 0.05) is 45.0 Å². The van der Waals surface area contributed by atoms with Crippen molar-refractivity contribution < 1.29 is 5.11 Å². The van der Waals surface area contributed by atoms with Gasteiger partial charge >= 0.3 is 0 Å². The molecule has 1 saturated heterocycles. The first-order chi connectivity index (χ1) is 9.35. The minimum absolute atomic E-state index is 0.0279. The van der Waals surface area contributed by atoms with Crippen LogP contribution in [0.25, 0.3) is 0 Å². The summed E-state index contributed by atoms with van der Waals surface area (Å²) in [4.78, 5) is 9.08. The van der Waals surface area contributed by atoms with Crippen molar-refractivity contribution in [1.29, 1.82) is 0 Å². The van der Waals surface area contributed by atoms with Gasteiger partial charge in [0.05, 0.1) is 5.60 Å². The van der Waals surface area contributed by atoms with E-state index >= 15 is 0 Å². The standard InChI is InChI=1S/C15H26N4O/c1-12(16)13-4-5-14(17-10-13)19-8-6-18(7-9-19)11-15(2,3)20/h4-5,10,12,20H,6-9,11,16H2,1-3H3. The van der Waals surface area contributed by atoms with E-state index in [1.165, 1.54) is 0 Å². The molecular formula is C15H26N4O. The summed E-state index contributed by atoms with van der Waals surface area (Å²) in [5.74, 6) is 1.01. The molecule has 0 saturated carbocycles. The Hall–Kier alpha value is -1.17. The third kappa shape index (κ3) is 4.16. The summed E-state index contributed by atoms with van der Waals surface area (Å²) in [5, 5.41) is 9.86. The van der Waals surface area contributed by atoms with Crippen molar-refractivity contribution in [2.75, 3.05) is 37.6 Å². The van der Waals surface area contributed by atoms with Crippen molar-refractivity contribution in [2.45, 2.75) is 32.4 Å². The van der Waals surface area contributed by atoms with E-state index in [0.717, 1.165) is 44.1 Å². The highest BCUT2D eigenvalue weighted by Crippen LogP contribution is 2.17. The number of aromatic nitrogens is 1. The number of nitrogens with zero attached hydrogens (tertiary/aromatic N) is 3. The molecule has 1 aliphatic rings. The average Bonchev–Trinajstić information content (AvgIpc) is 2.38. The molecule has 5 nitrogen and oxygen atoms in total. The van der Waals surface area contributed by atoms with Crippen LogP contribution >= 0.6 is 0 Å². The lowest BCUT2D eigenvalue weighted by atomic mass is 10.1. The lowest BCUT2D eigenvalue weighted by Crippen LogP contribution is -2.50. The normalized spacial score (nSPS) is 19.1. The molecule has 0 bridgehead atoms. The zero-order valence-electron chi connectivity index (χ0n) is 12.7. The molecule has 1 aromatic heterocycles. The fraction of sp³-hybridized carbons (Fsp3) is 0.667. The maximum Gasteiger partial charge on any atom is 0.128 e. The van der Waals surface area contributed by atoms with Crippen molar-refractivity contribution in [1.82, 2.24) is 9.88 Å². The number of hydrogen-bond acceptors (Lipinski definition) is 5. The Kier molecular flexibility index (Phi) is 4.62. The van der Waals surface area contributed by atoms with Crippen LogP contribution in [0.3, 0.4) is 0 Å². The molecule has 0 radical (unpaired) electrons. The maximum atomic E-state index is 9.86. The Morgan fingerprint density at radius 3 is 2.40 bits per heavy atom. The van der Waals surface area contributed by atoms with Gasteiger partial charge in [-0.05, 0) is 32.4 Å². The minimum Gasteiger partial charge on any atom is -0.389 e. The van der Waals surface area contributed by atoms with E-state index in [1.54, 1.807) is 0 Å². The van der Waals surface area contributed by atoms with E-state index in [1.807, 2.05) is 33.0 Å². The number of piperazine rings is 1. The third-order valence-electron chi connectivity index (χ3n) is 3.60. The molecule has 1 aliphatic heterocycles. The van der Waals surface area contributed by atoms with Crippen molar-refractivity contribution in [3.63, 3.8) is 0 Å². The lowest BCUT2D eigenvalue weighted by Gasteiger charge is -2.37. The number of rotatable bonds is 4. The van der Waals surface area contributed by atoms with Crippen molar-refractivity contribution in [3.8, 4) is 0 Å². The van der Waals surface area contributed by atoms with Gasteiger partial charge in [-0.25, -0.2) is 4.98 Å². The fourth-order valence-corrected chi connectivity index (χ4v) is 2.54. The van der Waals surface area contributed by atoms with Gasteiger partial charge in [-0.1, -0.05) is 6.07 Å². The van der Waals surface area contributed by atoms with Crippen LogP contribution in [0.15, 0.2) is 18.3 Å². The third-order valence-corrected chi connectivity index (χ3v) is 3.60. The number of pyridine rings is 1. The summed E-state index contributed by atoms with van der Waals surface area (Å²) in [6.45, 7) is 10.2. The lowest BCUT2D eigenvalue weighted by molar-refractivity contribution is 0.0344. The van der Waals surface area contributed by atoms with Gasteiger partial charge in [-0.15, -0.1) is 0 Å². The SMILES string of the molecule is CC(N)c1ccc(N2CCN(CC(C)(C)O)CC2)nc1. The average molecular weight is 278 g/mol. The van der Waals surface area contributed by atoms with Gasteiger partial charge in [0.15, 0.2) is 0 Å². The highest BCUT2D eigenvalue weighted by molar-refractivity contribution is 5.40. The summed E-state index contributed by atoms with van der Waals surface area (Å²) in [6, 6.07) is 4.13. The quantitative estimate of drug-likeness (QED) is 0.860. The van der Waals surface area contributed by atoms with E-state index < -0.39 is 5.60 Å². The molecule has 1 aromatic rings. The van der Waals surface area contributed by atoms with E-state index in [0.29, 0.717) is 0 Å². The van der Waals surface area contributed by atoms with Crippen molar-refractivity contribution >= 4 is 5.82 Å². The van der Waals surface area contributed by atoms with Crippen LogP contribution in [-0.4, -0.2) is 53.3 Å². The van der Waals surface area contributed by atoms with Crippen LogP contribution in [-0.2, 0) is 0 Å². The molecule has 2 heterocycles. The monoisotopic (exact) mass is 278 g/mol. The van der Waals surface area contributed by atoms with Crippen molar-refractivity contribution in [3.05, 3.63) is 23.9 Å². The highest BCUT2D eigenvalue weighted by atomic mass is 16.3. The topological polar surface area (TPSA) is 65.6 Å². The molecule has 0 amide bonds. The van der Waals surface area contributed by atoms with Gasteiger partial charge in [0.1, 0.15) is 5.82 Å². The van der Waals surface area contributed by atoms with E-state index in [9.17, 15) is 5.11 Å². The van der Waals surface area contributed by atoms with Crippen LogP contribution in [0.5, 0.6) is 0 Å². The predicted octanol–water partition coefficient (Wildman–Crippen LogP) is 0.994. The summed E-state index contributed by atoms with van der Waals surface area (Å²) >= 11 is 0. The van der Waals surface area contributed by atoms with Crippen molar-refractivity contribution in [2.24, 2.45) is 5.73 Å². The second kappa shape index (κ2) is 6.08. The maximum absolute atomic E-state index is 9.86. The fourth-order valence-electron chi connectivity index (χ4n) is 2.54. The number of β-amino-alcohol motifs (C(OH)–C–C–N with tert-alkyl or cyclic N) is 1. The Morgan fingerprint density at radius 2 is 1.95 bits per heavy atom. The molecule has 2 rings (SSSR count). The number of hydrogen-bond donors (Lipinski definition) is 2. The van der Waals surface area contributed by atoms with E-state index in [4.69, 9.17) is 5.73 Å². The smallest absolute Gasteiger partial charge is 0.128 e. The number of anilines is 1. The summed E-state index contributed by atoms with van der Waals surface area (Å²) < 4.78 is 0. The van der Waals surface area contributed by atoms with Crippen LogP contribution < -0.4 is 10.6 Å². The second-order valence-corrected chi connectivity index (χ2v) is 6.31. The van der Waals surface area contributed by atoms with Gasteiger partial charge in [0.2, 0.25) is 0 Å². The molecule has 1 unspecified atom stereocenters. The predicted molar refractivity (Wildman–Crippen MR) is 81.8 cm³/mol. The Morgan fingerprint density at radius 1 is 1.30 bits per heavy atom. The van der Waals surface area contributed by atoms with Gasteiger partial charge in [0.25, 0.3) is 0 Å². The first-order valence-electron chi connectivity index (χ1n) is 7.26.